The summed E-state index contributed by atoms with van der Waals surface area (Å²) in [5.41, 5.74) is 4.31. The summed E-state index contributed by atoms with van der Waals surface area (Å²) in [4.78, 5) is 11.9. The van der Waals surface area contributed by atoms with E-state index in [2.05, 4.69) is 51.9 Å². The number of nitrogens with one attached hydrogen (secondary N) is 2. The molecule has 5 nitrogen and oxygen atoms in total. The van der Waals surface area contributed by atoms with Crippen LogP contribution in [0.3, 0.4) is 0 Å². The summed E-state index contributed by atoms with van der Waals surface area (Å²) in [5.74, 6) is 1.51. The number of nitrogens with zero attached hydrogens (tertiary/aromatic N) is 3. The maximum Gasteiger partial charge on any atom is 0.229 e. The summed E-state index contributed by atoms with van der Waals surface area (Å²) in [6, 6.07) is 21.4. The third-order valence-corrected chi connectivity index (χ3v) is 5.32. The highest BCUT2D eigenvalue weighted by Gasteiger charge is 2.22. The molecule has 3 aromatic rings. The van der Waals surface area contributed by atoms with Crippen LogP contribution in [0.4, 0.5) is 23.1 Å². The molecular formula is C23H25N5. The van der Waals surface area contributed by atoms with Crippen LogP contribution in [0.2, 0.25) is 0 Å². The number of aromatic nitrogens is 2. The molecule has 2 N–H and O–H groups in total. The van der Waals surface area contributed by atoms with Gasteiger partial charge in [0.15, 0.2) is 0 Å². The minimum absolute atomic E-state index is 0.547. The molecule has 2 aliphatic rings. The fourth-order valence-corrected chi connectivity index (χ4v) is 3.63. The molecule has 0 bridgehead atoms. The van der Waals surface area contributed by atoms with Crippen LogP contribution in [0.1, 0.15) is 25.7 Å². The van der Waals surface area contributed by atoms with E-state index in [1.165, 1.54) is 31.4 Å². The van der Waals surface area contributed by atoms with Crippen LogP contribution in [0.15, 0.2) is 60.7 Å². The van der Waals surface area contributed by atoms with Gasteiger partial charge < -0.3 is 15.5 Å². The van der Waals surface area contributed by atoms with Crippen molar-refractivity contribution in [3.63, 3.8) is 0 Å². The molecule has 1 saturated heterocycles. The predicted molar refractivity (Wildman–Crippen MR) is 115 cm³/mol. The average Bonchev–Trinajstić information content (AvgIpc) is 3.37. The van der Waals surface area contributed by atoms with Crippen molar-refractivity contribution in [2.45, 2.75) is 31.7 Å². The first kappa shape index (κ1) is 17.0. The minimum atomic E-state index is 0.547. The van der Waals surface area contributed by atoms with Crippen LogP contribution in [0.25, 0.3) is 11.3 Å². The molecule has 5 rings (SSSR count). The van der Waals surface area contributed by atoms with Crippen molar-refractivity contribution in [1.82, 2.24) is 9.97 Å². The molecule has 1 aromatic heterocycles. The topological polar surface area (TPSA) is 53.1 Å². The van der Waals surface area contributed by atoms with Gasteiger partial charge in [0.1, 0.15) is 5.82 Å². The molecule has 28 heavy (non-hydrogen) atoms. The van der Waals surface area contributed by atoms with E-state index >= 15 is 0 Å². The molecule has 5 heteroatoms. The summed E-state index contributed by atoms with van der Waals surface area (Å²) in [7, 11) is 0. The Morgan fingerprint density at radius 2 is 1.61 bits per heavy atom. The molecule has 0 radical (unpaired) electrons. The highest BCUT2D eigenvalue weighted by molar-refractivity contribution is 5.67. The van der Waals surface area contributed by atoms with Crippen molar-refractivity contribution in [1.29, 1.82) is 0 Å². The lowest BCUT2D eigenvalue weighted by molar-refractivity contribution is 0.949. The molecule has 142 valence electrons. The Bertz CT molecular complexity index is 929. The minimum Gasteiger partial charge on any atom is -0.372 e. The molecule has 1 aliphatic heterocycles. The number of benzene rings is 2. The van der Waals surface area contributed by atoms with E-state index < -0.39 is 0 Å². The first-order chi connectivity index (χ1) is 13.8. The van der Waals surface area contributed by atoms with Crippen LogP contribution >= 0.6 is 0 Å². The van der Waals surface area contributed by atoms with E-state index in [0.29, 0.717) is 12.0 Å². The molecule has 0 spiro atoms. The average molecular weight is 371 g/mol. The van der Waals surface area contributed by atoms with Gasteiger partial charge in [-0.15, -0.1) is 0 Å². The van der Waals surface area contributed by atoms with Gasteiger partial charge >= 0.3 is 0 Å². The van der Waals surface area contributed by atoms with E-state index in [-0.39, 0.29) is 0 Å². The molecule has 2 aromatic carbocycles. The molecule has 2 fully saturated rings. The molecule has 0 unspecified atom stereocenters. The van der Waals surface area contributed by atoms with Gasteiger partial charge in [0, 0.05) is 42.1 Å². The Morgan fingerprint density at radius 3 is 2.32 bits per heavy atom. The second-order valence-electron chi connectivity index (χ2n) is 7.61. The van der Waals surface area contributed by atoms with E-state index in [0.717, 1.165) is 35.9 Å². The zero-order chi connectivity index (χ0) is 18.8. The Kier molecular flexibility index (Phi) is 4.57. The van der Waals surface area contributed by atoms with Gasteiger partial charge in [-0.05, 0) is 49.9 Å². The number of anilines is 4. The first-order valence-corrected chi connectivity index (χ1v) is 10.2. The molecule has 0 atom stereocenters. The fraction of sp³-hybridized carbons (Fsp3) is 0.304. The quantitative estimate of drug-likeness (QED) is 0.634. The SMILES string of the molecule is c1ccc(-c2cc(NC3CC3)nc(Nc3ccc(N4CCCC4)cc3)n2)cc1. The van der Waals surface area contributed by atoms with Gasteiger partial charge in [-0.3, -0.25) is 0 Å². The van der Waals surface area contributed by atoms with Gasteiger partial charge in [-0.1, -0.05) is 30.3 Å². The van der Waals surface area contributed by atoms with Gasteiger partial charge in [-0.25, -0.2) is 4.98 Å². The van der Waals surface area contributed by atoms with Crippen LogP contribution in [0.5, 0.6) is 0 Å². The van der Waals surface area contributed by atoms with Crippen molar-refractivity contribution in [3.05, 3.63) is 60.7 Å². The largest absolute Gasteiger partial charge is 0.372 e. The summed E-state index contributed by atoms with van der Waals surface area (Å²) in [6.07, 6.45) is 5.00. The standard InChI is InChI=1S/C23H25N5/c1-2-6-17(7-3-1)21-16-22(24-18-8-9-18)27-23(26-21)25-19-10-12-20(13-11-19)28-14-4-5-15-28/h1-3,6-7,10-13,16,18H,4-5,8-9,14-15H2,(H2,24,25,26,27). The number of hydrogen-bond acceptors (Lipinski definition) is 5. The number of rotatable bonds is 6. The smallest absolute Gasteiger partial charge is 0.229 e. The maximum atomic E-state index is 4.75. The van der Waals surface area contributed by atoms with Gasteiger partial charge in [-0.2, -0.15) is 4.98 Å². The van der Waals surface area contributed by atoms with Crippen LogP contribution in [0, 0.1) is 0 Å². The van der Waals surface area contributed by atoms with Gasteiger partial charge in [0.05, 0.1) is 5.69 Å². The first-order valence-electron chi connectivity index (χ1n) is 10.2. The van der Waals surface area contributed by atoms with Gasteiger partial charge in [0.2, 0.25) is 5.95 Å². The predicted octanol–water partition coefficient (Wildman–Crippen LogP) is 5.06. The zero-order valence-electron chi connectivity index (χ0n) is 15.9. The Balaban J connectivity index is 1.40. The highest BCUT2D eigenvalue weighted by Crippen LogP contribution is 2.28. The van der Waals surface area contributed by atoms with Crippen molar-refractivity contribution in [2.24, 2.45) is 0 Å². The highest BCUT2D eigenvalue weighted by atomic mass is 15.2. The van der Waals surface area contributed by atoms with Gasteiger partial charge in [0.25, 0.3) is 0 Å². The summed E-state index contributed by atoms with van der Waals surface area (Å²) in [5, 5.41) is 6.89. The number of hydrogen-bond donors (Lipinski definition) is 2. The van der Waals surface area contributed by atoms with Crippen molar-refractivity contribution >= 4 is 23.1 Å². The Morgan fingerprint density at radius 1 is 0.857 bits per heavy atom. The lowest BCUT2D eigenvalue weighted by Crippen LogP contribution is -2.17. The molecule has 0 amide bonds. The Hall–Kier alpha value is -3.08. The fourth-order valence-electron chi connectivity index (χ4n) is 3.63. The van der Waals surface area contributed by atoms with Crippen molar-refractivity contribution in [2.75, 3.05) is 28.6 Å². The normalized spacial score (nSPS) is 16.2. The Labute approximate surface area is 165 Å². The van der Waals surface area contributed by atoms with E-state index in [9.17, 15) is 0 Å². The third kappa shape index (κ3) is 3.93. The second-order valence-corrected chi connectivity index (χ2v) is 7.61. The summed E-state index contributed by atoms with van der Waals surface area (Å²) < 4.78 is 0. The van der Waals surface area contributed by atoms with Crippen LogP contribution in [-0.4, -0.2) is 29.1 Å². The van der Waals surface area contributed by atoms with E-state index in [1.54, 1.807) is 0 Å². The lowest BCUT2D eigenvalue weighted by Gasteiger charge is -2.18. The molecule has 2 heterocycles. The molecule has 1 aliphatic carbocycles. The summed E-state index contributed by atoms with van der Waals surface area (Å²) in [6.45, 7) is 2.32. The summed E-state index contributed by atoms with van der Waals surface area (Å²) >= 11 is 0. The van der Waals surface area contributed by atoms with E-state index in [1.807, 2.05) is 24.3 Å². The zero-order valence-corrected chi connectivity index (χ0v) is 15.9. The lowest BCUT2D eigenvalue weighted by atomic mass is 10.1. The van der Waals surface area contributed by atoms with Crippen molar-refractivity contribution in [3.8, 4) is 11.3 Å². The van der Waals surface area contributed by atoms with Crippen LogP contribution in [-0.2, 0) is 0 Å². The second kappa shape index (κ2) is 7.50. The monoisotopic (exact) mass is 371 g/mol. The third-order valence-electron chi connectivity index (χ3n) is 5.32. The van der Waals surface area contributed by atoms with Crippen LogP contribution < -0.4 is 15.5 Å². The van der Waals surface area contributed by atoms with Crippen molar-refractivity contribution < 1.29 is 0 Å². The maximum absolute atomic E-state index is 4.75. The molecular weight excluding hydrogens is 346 g/mol. The molecule has 1 saturated carbocycles. The van der Waals surface area contributed by atoms with E-state index in [4.69, 9.17) is 9.97 Å².